The van der Waals surface area contributed by atoms with Gasteiger partial charge in [0.15, 0.2) is 0 Å². The number of amides is 1. The Morgan fingerprint density at radius 1 is 1.43 bits per heavy atom. The van der Waals surface area contributed by atoms with Gasteiger partial charge in [-0.15, -0.1) is 0 Å². The molecule has 0 aliphatic rings. The number of aryl methyl sites for hydroxylation is 1. The second-order valence-corrected chi connectivity index (χ2v) is 3.94. The number of hydrogen-bond donors (Lipinski definition) is 1. The van der Waals surface area contributed by atoms with Crippen LogP contribution in [0.5, 0.6) is 0 Å². The first-order valence-electron chi connectivity index (χ1n) is 6.30. The molecule has 1 aromatic rings. The van der Waals surface area contributed by atoms with Gasteiger partial charge >= 0.3 is 0 Å². The van der Waals surface area contributed by atoms with Crippen molar-refractivity contribution in [3.63, 3.8) is 0 Å². The van der Waals surface area contributed by atoms with E-state index < -0.39 is 0 Å². The zero-order valence-electron chi connectivity index (χ0n) is 11.9. The smallest absolute Gasteiger partial charge is 0.255 e. The molecule has 6 heteroatoms. The Labute approximate surface area is 123 Å². The van der Waals surface area contributed by atoms with Crippen LogP contribution >= 0.6 is 0 Å². The molecule has 0 aromatic carbocycles. The Morgan fingerprint density at radius 3 is 2.86 bits per heavy atom. The Bertz CT molecular complexity index is 602. The highest BCUT2D eigenvalue weighted by Gasteiger charge is 2.05. The number of rotatable bonds is 8. The van der Waals surface area contributed by atoms with Gasteiger partial charge in [0.1, 0.15) is 0 Å². The van der Waals surface area contributed by atoms with Crippen LogP contribution < -0.4 is 10.9 Å². The number of nitrogens with one attached hydrogen (secondary N) is 1. The van der Waals surface area contributed by atoms with E-state index >= 15 is 0 Å². The summed E-state index contributed by atoms with van der Waals surface area (Å²) in [6.07, 6.45) is 5.54. The summed E-state index contributed by atoms with van der Waals surface area (Å²) < 4.78 is 11.2. The van der Waals surface area contributed by atoms with Gasteiger partial charge in [0.2, 0.25) is 6.79 Å². The Kier molecular flexibility index (Phi) is 6.53. The van der Waals surface area contributed by atoms with Crippen LogP contribution in [0, 0.1) is 0 Å². The molecule has 0 bridgehead atoms. The van der Waals surface area contributed by atoms with Crippen LogP contribution in [-0.2, 0) is 20.8 Å². The summed E-state index contributed by atoms with van der Waals surface area (Å²) in [5.74, 6) is -0.388. The minimum Gasteiger partial charge on any atom is -0.466 e. The third kappa shape index (κ3) is 5.40. The lowest BCUT2D eigenvalue weighted by atomic mass is 10.2. The van der Waals surface area contributed by atoms with E-state index in [-0.39, 0.29) is 23.8 Å². The minimum atomic E-state index is -0.388. The maximum Gasteiger partial charge on any atom is 0.255 e. The first kappa shape index (κ1) is 16.3. The molecule has 0 saturated heterocycles. The van der Waals surface area contributed by atoms with Gasteiger partial charge in [0, 0.05) is 24.4 Å². The number of hydrogen-bond acceptors (Lipinski definition) is 4. The quantitative estimate of drug-likeness (QED) is 0.261. The molecule has 112 valence electrons. The third-order valence-electron chi connectivity index (χ3n) is 2.49. The molecule has 1 aromatic heterocycles. The average molecular weight is 290 g/mol. The lowest BCUT2D eigenvalue weighted by Gasteiger charge is -2.07. The SMILES string of the molecule is C=COCO/C=C/C(=C)C(=O)Nc1ccc(=O)n(CC)c1. The predicted molar refractivity (Wildman–Crippen MR) is 80.5 cm³/mol. The molecule has 0 unspecified atom stereocenters. The molecule has 0 aliphatic carbocycles. The molecule has 0 atom stereocenters. The Hall–Kier alpha value is -2.76. The van der Waals surface area contributed by atoms with E-state index in [0.29, 0.717) is 12.2 Å². The van der Waals surface area contributed by atoms with Crippen LogP contribution in [0.25, 0.3) is 0 Å². The van der Waals surface area contributed by atoms with Crippen molar-refractivity contribution in [3.05, 3.63) is 66.0 Å². The molecule has 1 heterocycles. The minimum absolute atomic E-state index is 0.0103. The Balaban J connectivity index is 2.58. The summed E-state index contributed by atoms with van der Waals surface area (Å²) in [4.78, 5) is 23.3. The van der Waals surface area contributed by atoms with Crippen molar-refractivity contribution in [2.75, 3.05) is 12.1 Å². The highest BCUT2D eigenvalue weighted by molar-refractivity contribution is 6.05. The lowest BCUT2D eigenvalue weighted by Crippen LogP contribution is -2.20. The van der Waals surface area contributed by atoms with Gasteiger partial charge in [-0.05, 0) is 19.1 Å². The number of pyridine rings is 1. The summed E-state index contributed by atoms with van der Waals surface area (Å²) in [6.45, 7) is 9.36. The van der Waals surface area contributed by atoms with Crippen LogP contribution in [0.4, 0.5) is 5.69 Å². The fourth-order valence-corrected chi connectivity index (χ4v) is 1.40. The summed E-state index contributed by atoms with van der Waals surface area (Å²) in [6, 6.07) is 2.94. The van der Waals surface area contributed by atoms with Gasteiger partial charge in [-0.1, -0.05) is 13.2 Å². The van der Waals surface area contributed by atoms with Crippen LogP contribution in [0.1, 0.15) is 6.92 Å². The molecule has 0 saturated carbocycles. The molecular formula is C15H18N2O4. The number of nitrogens with zero attached hydrogens (tertiary/aromatic N) is 1. The number of aromatic nitrogens is 1. The highest BCUT2D eigenvalue weighted by Crippen LogP contribution is 2.06. The van der Waals surface area contributed by atoms with E-state index in [1.165, 1.54) is 35.3 Å². The normalized spacial score (nSPS) is 10.1. The maximum atomic E-state index is 11.9. The molecule has 0 spiro atoms. The predicted octanol–water partition coefficient (Wildman–Crippen LogP) is 2.01. The van der Waals surface area contributed by atoms with Crippen molar-refractivity contribution in [1.29, 1.82) is 0 Å². The van der Waals surface area contributed by atoms with Crippen molar-refractivity contribution >= 4 is 11.6 Å². The average Bonchev–Trinajstić information content (AvgIpc) is 2.48. The van der Waals surface area contributed by atoms with Gasteiger partial charge in [-0.2, -0.15) is 0 Å². The van der Waals surface area contributed by atoms with E-state index in [0.717, 1.165) is 0 Å². The molecule has 1 N–H and O–H groups in total. The molecule has 0 fully saturated rings. The fourth-order valence-electron chi connectivity index (χ4n) is 1.40. The number of ether oxygens (including phenoxy) is 2. The second kappa shape index (κ2) is 8.42. The summed E-state index contributed by atoms with van der Waals surface area (Å²) in [5, 5.41) is 2.64. The van der Waals surface area contributed by atoms with Crippen molar-refractivity contribution in [3.8, 4) is 0 Å². The van der Waals surface area contributed by atoms with Gasteiger partial charge < -0.3 is 19.4 Å². The van der Waals surface area contributed by atoms with E-state index in [1.807, 2.05) is 6.92 Å². The molecule has 0 radical (unpaired) electrons. The zero-order chi connectivity index (χ0) is 15.7. The first-order chi connectivity index (χ1) is 10.1. The maximum absolute atomic E-state index is 11.9. The van der Waals surface area contributed by atoms with E-state index in [2.05, 4.69) is 18.5 Å². The van der Waals surface area contributed by atoms with Gasteiger partial charge in [-0.3, -0.25) is 9.59 Å². The lowest BCUT2D eigenvalue weighted by molar-refractivity contribution is -0.112. The molecule has 0 aliphatic heterocycles. The third-order valence-corrected chi connectivity index (χ3v) is 2.49. The molecule has 1 rings (SSSR count). The second-order valence-electron chi connectivity index (χ2n) is 3.94. The standard InChI is InChI=1S/C15H18N2O4/c1-4-17-10-13(6-7-14(17)18)16-15(19)12(3)8-9-21-11-20-5-2/h5-10H,2-4,11H2,1H3,(H,16,19)/b9-8+. The van der Waals surface area contributed by atoms with Gasteiger partial charge in [0.05, 0.1) is 18.2 Å². The molecule has 1 amide bonds. The molecule has 6 nitrogen and oxygen atoms in total. The largest absolute Gasteiger partial charge is 0.466 e. The Morgan fingerprint density at radius 2 is 2.19 bits per heavy atom. The van der Waals surface area contributed by atoms with Crippen molar-refractivity contribution < 1.29 is 14.3 Å². The fraction of sp³-hybridized carbons (Fsp3) is 0.200. The zero-order valence-corrected chi connectivity index (χ0v) is 11.9. The van der Waals surface area contributed by atoms with Gasteiger partial charge in [-0.25, -0.2) is 0 Å². The van der Waals surface area contributed by atoms with E-state index in [9.17, 15) is 9.59 Å². The van der Waals surface area contributed by atoms with Crippen LogP contribution in [0.2, 0.25) is 0 Å². The van der Waals surface area contributed by atoms with Gasteiger partial charge in [0.25, 0.3) is 11.5 Å². The van der Waals surface area contributed by atoms with Crippen molar-refractivity contribution in [2.24, 2.45) is 0 Å². The number of carbonyl (C=O) groups excluding carboxylic acids is 1. The summed E-state index contributed by atoms with van der Waals surface area (Å²) >= 11 is 0. The van der Waals surface area contributed by atoms with E-state index in [1.54, 1.807) is 6.20 Å². The van der Waals surface area contributed by atoms with E-state index in [4.69, 9.17) is 9.47 Å². The van der Waals surface area contributed by atoms with Crippen LogP contribution in [0.3, 0.4) is 0 Å². The first-order valence-corrected chi connectivity index (χ1v) is 6.30. The molecular weight excluding hydrogens is 272 g/mol. The monoisotopic (exact) mass is 290 g/mol. The highest BCUT2D eigenvalue weighted by atomic mass is 16.7. The summed E-state index contributed by atoms with van der Waals surface area (Å²) in [5.41, 5.74) is 0.611. The molecule has 21 heavy (non-hydrogen) atoms. The van der Waals surface area contributed by atoms with Crippen molar-refractivity contribution in [2.45, 2.75) is 13.5 Å². The van der Waals surface area contributed by atoms with Crippen LogP contribution in [0.15, 0.2) is 60.5 Å². The van der Waals surface area contributed by atoms with Crippen molar-refractivity contribution in [1.82, 2.24) is 4.57 Å². The van der Waals surface area contributed by atoms with Crippen LogP contribution in [-0.4, -0.2) is 17.3 Å². The topological polar surface area (TPSA) is 69.6 Å². The number of anilines is 1. The number of carbonyl (C=O) groups is 1. The summed E-state index contributed by atoms with van der Waals surface area (Å²) in [7, 11) is 0.